The Bertz CT molecular complexity index is 959. The fraction of sp³-hybridized carbons (Fsp3) is 0.600. The van der Waals surface area contributed by atoms with Gasteiger partial charge in [-0.1, -0.05) is 118 Å². The van der Waals surface area contributed by atoms with Gasteiger partial charge < -0.3 is 24.6 Å². The number of rotatable bonds is 12. The van der Waals surface area contributed by atoms with Crippen molar-refractivity contribution in [2.45, 2.75) is 96.7 Å². The van der Waals surface area contributed by atoms with Crippen LogP contribution in [0, 0.1) is 0 Å². The van der Waals surface area contributed by atoms with E-state index in [1.807, 2.05) is 60.7 Å². The Morgan fingerprint density at radius 2 is 1.12 bits per heavy atom. The summed E-state index contributed by atoms with van der Waals surface area (Å²) in [4.78, 5) is 29.6. The van der Waals surface area contributed by atoms with E-state index in [0.717, 1.165) is 37.2 Å². The summed E-state index contributed by atoms with van der Waals surface area (Å²) in [6.45, 7) is 5.37. The molecule has 1 saturated heterocycles. The van der Waals surface area contributed by atoms with E-state index in [2.05, 4.69) is 10.2 Å². The summed E-state index contributed by atoms with van der Waals surface area (Å²) in [5.74, 6) is 0. The van der Waals surface area contributed by atoms with Crippen molar-refractivity contribution in [2.24, 2.45) is 0 Å². The number of ether oxygens (including phenoxy) is 2. The predicted molar refractivity (Wildman–Crippen MR) is 169 cm³/mol. The molecular weight excluding hydrogens is 526 g/mol. The van der Waals surface area contributed by atoms with Crippen molar-refractivity contribution in [1.29, 1.82) is 0 Å². The minimum atomic E-state index is -0.446. The molecular formula is C35H53N3O4. The molecule has 2 aromatic carbocycles. The molecule has 0 bridgehead atoms. The average Bonchev–Trinajstić information content (AvgIpc) is 3.02. The van der Waals surface area contributed by atoms with E-state index in [1.54, 1.807) is 4.90 Å². The molecule has 2 amide bonds. The van der Waals surface area contributed by atoms with Gasteiger partial charge in [-0.15, -0.1) is 0 Å². The maximum atomic E-state index is 13.1. The van der Waals surface area contributed by atoms with E-state index in [1.165, 1.54) is 70.6 Å². The summed E-state index contributed by atoms with van der Waals surface area (Å²) < 4.78 is 11.0. The molecule has 0 spiro atoms. The van der Waals surface area contributed by atoms with Gasteiger partial charge in [-0.2, -0.15) is 0 Å². The quantitative estimate of drug-likeness (QED) is 0.259. The lowest BCUT2D eigenvalue weighted by Gasteiger charge is -2.26. The lowest BCUT2D eigenvalue weighted by molar-refractivity contribution is 0.0935. The largest absolute Gasteiger partial charge is 0.445 e. The molecule has 0 aromatic heterocycles. The zero-order valence-electron chi connectivity index (χ0n) is 25.7. The summed E-state index contributed by atoms with van der Waals surface area (Å²) in [6.07, 6.45) is 15.6. The van der Waals surface area contributed by atoms with E-state index in [4.69, 9.17) is 9.47 Å². The first-order valence-electron chi connectivity index (χ1n) is 16.3. The van der Waals surface area contributed by atoms with Crippen LogP contribution in [-0.4, -0.2) is 61.3 Å². The van der Waals surface area contributed by atoms with Crippen molar-refractivity contribution in [3.8, 4) is 0 Å². The average molecular weight is 580 g/mol. The Kier molecular flexibility index (Phi) is 17.2. The highest BCUT2D eigenvalue weighted by Gasteiger charge is 2.16. The molecule has 0 unspecified atom stereocenters. The number of hydrogen-bond donors (Lipinski definition) is 1. The maximum Gasteiger partial charge on any atom is 0.410 e. The van der Waals surface area contributed by atoms with Crippen LogP contribution >= 0.6 is 0 Å². The Morgan fingerprint density at radius 1 is 0.643 bits per heavy atom. The van der Waals surface area contributed by atoms with E-state index in [9.17, 15) is 9.59 Å². The summed E-state index contributed by atoms with van der Waals surface area (Å²) >= 11 is 0. The molecule has 2 aromatic rings. The fourth-order valence-electron chi connectivity index (χ4n) is 5.42. The number of amides is 2. The van der Waals surface area contributed by atoms with Crippen LogP contribution in [0.4, 0.5) is 9.59 Å². The summed E-state index contributed by atoms with van der Waals surface area (Å²) in [5, 5.41) is 2.81. The molecule has 7 nitrogen and oxygen atoms in total. The molecule has 1 aliphatic rings. The van der Waals surface area contributed by atoms with Gasteiger partial charge in [0.25, 0.3) is 0 Å². The van der Waals surface area contributed by atoms with E-state index in [0.29, 0.717) is 26.1 Å². The Labute approximate surface area is 253 Å². The third-order valence-corrected chi connectivity index (χ3v) is 7.90. The van der Waals surface area contributed by atoms with Crippen molar-refractivity contribution >= 4 is 12.2 Å². The zero-order chi connectivity index (χ0) is 29.5. The standard InChI is InChI=1S/C35H53N3O4/c39-34(41-30-32-20-12-10-13-21-32)36-24-18-28-38(35(40)42-31-33-22-14-11-15-23-33)29-19-27-37-25-16-8-6-4-2-1-3-5-7-9-17-26-37/h10-15,20-23H,1-9,16-19,24-31H2,(H,36,39). The predicted octanol–water partition coefficient (Wildman–Crippen LogP) is 7.94. The minimum Gasteiger partial charge on any atom is -0.445 e. The molecule has 0 aliphatic carbocycles. The van der Waals surface area contributed by atoms with Crippen LogP contribution in [0.1, 0.15) is 94.6 Å². The number of benzene rings is 2. The Balaban J connectivity index is 1.43. The van der Waals surface area contributed by atoms with Crippen molar-refractivity contribution in [2.75, 3.05) is 39.3 Å². The van der Waals surface area contributed by atoms with Crippen LogP contribution < -0.4 is 5.32 Å². The van der Waals surface area contributed by atoms with Gasteiger partial charge in [0.05, 0.1) is 0 Å². The molecule has 3 rings (SSSR count). The number of nitrogens with one attached hydrogen (secondary N) is 1. The van der Waals surface area contributed by atoms with E-state index in [-0.39, 0.29) is 19.3 Å². The van der Waals surface area contributed by atoms with Gasteiger partial charge in [0.1, 0.15) is 13.2 Å². The number of carbonyl (C=O) groups excluding carboxylic acids is 2. The molecule has 1 fully saturated rings. The van der Waals surface area contributed by atoms with Crippen LogP contribution in [0.25, 0.3) is 0 Å². The summed E-state index contributed by atoms with van der Waals surface area (Å²) in [5.41, 5.74) is 1.92. The van der Waals surface area contributed by atoms with Crippen LogP contribution in [-0.2, 0) is 22.7 Å². The van der Waals surface area contributed by atoms with Gasteiger partial charge in [0.15, 0.2) is 0 Å². The third-order valence-electron chi connectivity index (χ3n) is 7.90. The maximum absolute atomic E-state index is 13.1. The molecule has 7 heteroatoms. The Morgan fingerprint density at radius 3 is 1.67 bits per heavy atom. The van der Waals surface area contributed by atoms with Gasteiger partial charge >= 0.3 is 12.2 Å². The number of hydrogen-bond acceptors (Lipinski definition) is 5. The highest BCUT2D eigenvalue weighted by Crippen LogP contribution is 2.14. The number of alkyl carbamates (subject to hydrolysis) is 1. The molecule has 0 radical (unpaired) electrons. The lowest BCUT2D eigenvalue weighted by Crippen LogP contribution is -2.37. The van der Waals surface area contributed by atoms with Gasteiger partial charge in [-0.3, -0.25) is 0 Å². The second kappa shape index (κ2) is 21.6. The van der Waals surface area contributed by atoms with Gasteiger partial charge in [-0.25, -0.2) is 9.59 Å². The second-order valence-corrected chi connectivity index (χ2v) is 11.5. The van der Waals surface area contributed by atoms with Crippen molar-refractivity contribution in [3.05, 3.63) is 71.8 Å². The van der Waals surface area contributed by atoms with Crippen LogP contribution in [0.15, 0.2) is 60.7 Å². The highest BCUT2D eigenvalue weighted by atomic mass is 16.6. The third kappa shape index (κ3) is 15.2. The van der Waals surface area contributed by atoms with Crippen molar-refractivity contribution < 1.29 is 19.1 Å². The van der Waals surface area contributed by atoms with E-state index >= 15 is 0 Å². The normalized spacial score (nSPS) is 15.7. The number of nitrogens with zero attached hydrogens (tertiary/aromatic N) is 2. The molecule has 1 heterocycles. The van der Waals surface area contributed by atoms with Gasteiger partial charge in [-0.05, 0) is 56.4 Å². The van der Waals surface area contributed by atoms with E-state index < -0.39 is 6.09 Å². The highest BCUT2D eigenvalue weighted by molar-refractivity contribution is 5.68. The monoisotopic (exact) mass is 579 g/mol. The zero-order valence-corrected chi connectivity index (χ0v) is 25.7. The molecule has 42 heavy (non-hydrogen) atoms. The van der Waals surface area contributed by atoms with Crippen LogP contribution in [0.2, 0.25) is 0 Å². The Hall–Kier alpha value is -3.06. The smallest absolute Gasteiger partial charge is 0.410 e. The topological polar surface area (TPSA) is 71.1 Å². The van der Waals surface area contributed by atoms with Crippen LogP contribution in [0.3, 0.4) is 0 Å². The van der Waals surface area contributed by atoms with Crippen molar-refractivity contribution in [3.63, 3.8) is 0 Å². The fourth-order valence-corrected chi connectivity index (χ4v) is 5.42. The first kappa shape index (κ1) is 33.4. The van der Waals surface area contributed by atoms with Crippen LogP contribution in [0.5, 0.6) is 0 Å². The molecule has 232 valence electrons. The van der Waals surface area contributed by atoms with Gasteiger partial charge in [0, 0.05) is 19.6 Å². The van der Waals surface area contributed by atoms with Crippen molar-refractivity contribution in [1.82, 2.24) is 15.1 Å². The summed E-state index contributed by atoms with van der Waals surface area (Å²) in [7, 11) is 0. The lowest BCUT2D eigenvalue weighted by atomic mass is 10.0. The van der Waals surface area contributed by atoms with Gasteiger partial charge in [0.2, 0.25) is 0 Å². The second-order valence-electron chi connectivity index (χ2n) is 11.5. The number of carbonyl (C=O) groups is 2. The molecule has 0 saturated carbocycles. The molecule has 1 N–H and O–H groups in total. The first-order chi connectivity index (χ1) is 20.7. The molecule has 0 atom stereocenters. The summed E-state index contributed by atoms with van der Waals surface area (Å²) in [6, 6.07) is 19.4. The SMILES string of the molecule is O=C(NCCCN(CCCN1CCCCCCCCCCCCC1)C(=O)OCc1ccccc1)OCc1ccccc1. The molecule has 1 aliphatic heterocycles. The minimum absolute atomic E-state index is 0.237. The first-order valence-corrected chi connectivity index (χ1v) is 16.3.